The molecule has 0 aliphatic carbocycles. The van der Waals surface area contributed by atoms with Crippen molar-refractivity contribution in [3.05, 3.63) is 63.1 Å². The van der Waals surface area contributed by atoms with Crippen molar-refractivity contribution >= 4 is 39.2 Å². The maximum atomic E-state index is 13.3. The van der Waals surface area contributed by atoms with Crippen LogP contribution in [0.25, 0.3) is 11.0 Å². The van der Waals surface area contributed by atoms with Crippen LogP contribution < -0.4 is 0 Å². The van der Waals surface area contributed by atoms with Crippen LogP contribution in [0, 0.1) is 10.6 Å². The molecule has 1 atom stereocenters. The summed E-state index contributed by atoms with van der Waals surface area (Å²) in [5.41, 5.74) is 2.78. The van der Waals surface area contributed by atoms with Gasteiger partial charge in [-0.25, -0.2) is 4.39 Å². The van der Waals surface area contributed by atoms with Gasteiger partial charge in [-0.15, -0.1) is 0 Å². The summed E-state index contributed by atoms with van der Waals surface area (Å²) in [5.74, 6) is -0.266. The quantitative estimate of drug-likeness (QED) is 0.629. The van der Waals surface area contributed by atoms with Gasteiger partial charge in [-0.3, -0.25) is 0 Å². The SMILES string of the molecule is CC(c1ccc(Br)cc1)n1c(=S)[nH]c2cc(F)ccc21. The molecule has 0 radical (unpaired) electrons. The molecule has 1 aromatic heterocycles. The van der Waals surface area contributed by atoms with E-state index in [0.717, 1.165) is 21.1 Å². The number of aromatic nitrogens is 2. The van der Waals surface area contributed by atoms with Crippen LogP contribution in [0.5, 0.6) is 0 Å². The first-order valence-electron chi connectivity index (χ1n) is 6.21. The van der Waals surface area contributed by atoms with Crippen LogP contribution in [-0.4, -0.2) is 9.55 Å². The smallest absolute Gasteiger partial charge is 0.178 e. The summed E-state index contributed by atoms with van der Waals surface area (Å²) in [6.07, 6.45) is 0. The number of aromatic amines is 1. The molecule has 0 fully saturated rings. The van der Waals surface area contributed by atoms with E-state index in [9.17, 15) is 4.39 Å². The largest absolute Gasteiger partial charge is 0.330 e. The molecule has 0 spiro atoms. The summed E-state index contributed by atoms with van der Waals surface area (Å²) in [6.45, 7) is 2.08. The normalized spacial score (nSPS) is 12.8. The molecule has 2 nitrogen and oxygen atoms in total. The van der Waals surface area contributed by atoms with Gasteiger partial charge in [0.15, 0.2) is 4.77 Å². The summed E-state index contributed by atoms with van der Waals surface area (Å²) in [4.78, 5) is 3.06. The van der Waals surface area contributed by atoms with Crippen molar-refractivity contribution in [2.45, 2.75) is 13.0 Å². The second-order valence-electron chi connectivity index (χ2n) is 4.69. The molecule has 1 N–H and O–H groups in total. The van der Waals surface area contributed by atoms with Crippen LogP contribution in [-0.2, 0) is 0 Å². The summed E-state index contributed by atoms with van der Waals surface area (Å²) in [6, 6.07) is 12.9. The lowest BCUT2D eigenvalue weighted by Crippen LogP contribution is -2.06. The first-order valence-corrected chi connectivity index (χ1v) is 7.41. The Morgan fingerprint density at radius 1 is 1.20 bits per heavy atom. The van der Waals surface area contributed by atoms with Crippen molar-refractivity contribution in [1.82, 2.24) is 9.55 Å². The van der Waals surface area contributed by atoms with Gasteiger partial charge < -0.3 is 9.55 Å². The van der Waals surface area contributed by atoms with Gasteiger partial charge in [0.05, 0.1) is 17.1 Å². The first kappa shape index (κ1) is 13.5. The Bertz CT molecular complexity index is 820. The van der Waals surface area contributed by atoms with E-state index < -0.39 is 0 Å². The molecule has 0 bridgehead atoms. The molecule has 3 aromatic rings. The third-order valence-corrected chi connectivity index (χ3v) is 4.25. The molecule has 0 amide bonds. The van der Waals surface area contributed by atoms with Crippen LogP contribution in [0.4, 0.5) is 4.39 Å². The third kappa shape index (κ3) is 2.31. The van der Waals surface area contributed by atoms with E-state index in [1.54, 1.807) is 6.07 Å². The van der Waals surface area contributed by atoms with Crippen LogP contribution in [0.1, 0.15) is 18.5 Å². The molecule has 0 aliphatic rings. The van der Waals surface area contributed by atoms with Crippen molar-refractivity contribution in [2.75, 3.05) is 0 Å². The minimum atomic E-state index is -0.266. The van der Waals surface area contributed by atoms with Crippen molar-refractivity contribution < 1.29 is 4.39 Å². The van der Waals surface area contributed by atoms with Crippen molar-refractivity contribution in [2.24, 2.45) is 0 Å². The Kier molecular flexibility index (Phi) is 3.48. The molecular weight excluding hydrogens is 339 g/mol. The highest BCUT2D eigenvalue weighted by molar-refractivity contribution is 9.10. The fourth-order valence-electron chi connectivity index (χ4n) is 2.38. The minimum Gasteiger partial charge on any atom is -0.330 e. The lowest BCUT2D eigenvalue weighted by molar-refractivity contribution is 0.628. The second-order valence-corrected chi connectivity index (χ2v) is 5.99. The van der Waals surface area contributed by atoms with Gasteiger partial charge in [0.1, 0.15) is 5.82 Å². The van der Waals surface area contributed by atoms with E-state index in [2.05, 4.69) is 40.0 Å². The average molecular weight is 351 g/mol. The number of fused-ring (bicyclic) bond motifs is 1. The van der Waals surface area contributed by atoms with Gasteiger partial charge in [-0.05, 0) is 55.0 Å². The van der Waals surface area contributed by atoms with Gasteiger partial charge in [-0.1, -0.05) is 28.1 Å². The zero-order valence-electron chi connectivity index (χ0n) is 10.7. The number of imidazole rings is 1. The molecular formula is C15H12BrFN2S. The second kappa shape index (κ2) is 5.14. The number of nitrogens with zero attached hydrogens (tertiary/aromatic N) is 1. The van der Waals surface area contributed by atoms with E-state index >= 15 is 0 Å². The summed E-state index contributed by atoms with van der Waals surface area (Å²) in [7, 11) is 0. The number of hydrogen-bond donors (Lipinski definition) is 1. The van der Waals surface area contributed by atoms with Gasteiger partial charge in [-0.2, -0.15) is 0 Å². The van der Waals surface area contributed by atoms with Crippen LogP contribution >= 0.6 is 28.1 Å². The lowest BCUT2D eigenvalue weighted by atomic mass is 10.1. The van der Waals surface area contributed by atoms with Gasteiger partial charge in [0.25, 0.3) is 0 Å². The number of hydrogen-bond acceptors (Lipinski definition) is 1. The highest BCUT2D eigenvalue weighted by Gasteiger charge is 2.13. The molecule has 20 heavy (non-hydrogen) atoms. The first-order chi connectivity index (χ1) is 9.56. The highest BCUT2D eigenvalue weighted by atomic mass is 79.9. The van der Waals surface area contributed by atoms with Crippen molar-refractivity contribution in [3.8, 4) is 0 Å². The Labute approximate surface area is 129 Å². The van der Waals surface area contributed by atoms with E-state index in [1.807, 2.05) is 16.7 Å². The molecule has 3 rings (SSSR count). The van der Waals surface area contributed by atoms with E-state index in [0.29, 0.717) is 4.77 Å². The number of H-pyrrole nitrogens is 1. The van der Waals surface area contributed by atoms with E-state index in [-0.39, 0.29) is 11.9 Å². The number of benzene rings is 2. The van der Waals surface area contributed by atoms with Gasteiger partial charge >= 0.3 is 0 Å². The molecule has 1 unspecified atom stereocenters. The van der Waals surface area contributed by atoms with E-state index in [4.69, 9.17) is 12.2 Å². The molecule has 0 saturated carbocycles. The zero-order valence-corrected chi connectivity index (χ0v) is 13.1. The fourth-order valence-corrected chi connectivity index (χ4v) is 3.01. The van der Waals surface area contributed by atoms with E-state index in [1.165, 1.54) is 12.1 Å². The highest BCUT2D eigenvalue weighted by Crippen LogP contribution is 2.25. The molecule has 102 valence electrons. The van der Waals surface area contributed by atoms with Crippen molar-refractivity contribution in [1.29, 1.82) is 0 Å². The fraction of sp³-hybridized carbons (Fsp3) is 0.133. The summed E-state index contributed by atoms with van der Waals surface area (Å²) >= 11 is 8.80. The third-order valence-electron chi connectivity index (χ3n) is 3.42. The maximum absolute atomic E-state index is 13.3. The Balaban J connectivity index is 2.16. The van der Waals surface area contributed by atoms with Gasteiger partial charge in [0, 0.05) is 4.47 Å². The zero-order chi connectivity index (χ0) is 14.3. The number of halogens is 2. The van der Waals surface area contributed by atoms with Gasteiger partial charge in [0.2, 0.25) is 0 Å². The lowest BCUT2D eigenvalue weighted by Gasteiger charge is -2.15. The predicted octanol–water partition coefficient (Wildman–Crippen LogP) is 5.21. The maximum Gasteiger partial charge on any atom is 0.178 e. The molecule has 5 heteroatoms. The minimum absolute atomic E-state index is 0.0785. The topological polar surface area (TPSA) is 20.7 Å². The van der Waals surface area contributed by atoms with Crippen molar-refractivity contribution in [3.63, 3.8) is 0 Å². The Morgan fingerprint density at radius 2 is 1.90 bits per heavy atom. The summed E-state index contributed by atoms with van der Waals surface area (Å²) in [5, 5.41) is 0. The average Bonchev–Trinajstić information content (AvgIpc) is 2.73. The molecule has 0 saturated heterocycles. The Hall–Kier alpha value is -1.46. The molecule has 2 aromatic carbocycles. The predicted molar refractivity (Wildman–Crippen MR) is 85.0 cm³/mol. The molecule has 0 aliphatic heterocycles. The van der Waals surface area contributed by atoms with Crippen LogP contribution in [0.3, 0.4) is 0 Å². The monoisotopic (exact) mass is 350 g/mol. The van der Waals surface area contributed by atoms with Crippen LogP contribution in [0.15, 0.2) is 46.9 Å². The number of nitrogens with one attached hydrogen (secondary N) is 1. The van der Waals surface area contributed by atoms with Crippen LogP contribution in [0.2, 0.25) is 0 Å². The number of rotatable bonds is 2. The Morgan fingerprint density at radius 3 is 2.60 bits per heavy atom. The molecule has 1 heterocycles. The standard InChI is InChI=1S/C15H12BrFN2S/c1-9(10-2-4-11(16)5-3-10)19-14-7-6-12(17)8-13(14)18-15(19)20/h2-9H,1H3,(H,18,20). The summed E-state index contributed by atoms with van der Waals surface area (Å²) < 4.78 is 16.9.